The standard InChI is InChI=1S/C41H26BN3O2/c1-2-12-29(13-3-1)45-33-17-6-4-15-31(33)42-32-16-5-8-19-36(32)46-38-26-35-41(40(45)39(38)42)47-37-20-9-7-18-34(37)44(35)30-14-10-11-28(25-30)27-21-23-43-24-22-27/h1-26H. The van der Waals surface area contributed by atoms with E-state index in [0.717, 1.165) is 79.2 Å². The van der Waals surface area contributed by atoms with Crippen LogP contribution in [0, 0.1) is 0 Å². The first-order valence-corrected chi connectivity index (χ1v) is 15.8. The Morgan fingerprint density at radius 2 is 1.17 bits per heavy atom. The Bertz CT molecular complexity index is 2340. The Labute approximate surface area is 273 Å². The predicted octanol–water partition coefficient (Wildman–Crippen LogP) is 8.73. The number of hydrogen-bond acceptors (Lipinski definition) is 5. The number of rotatable bonds is 3. The van der Waals surface area contributed by atoms with Crippen LogP contribution >= 0.6 is 0 Å². The molecule has 7 aromatic rings. The van der Waals surface area contributed by atoms with Gasteiger partial charge >= 0.3 is 0 Å². The van der Waals surface area contributed by atoms with Crippen LogP contribution in [0.1, 0.15) is 0 Å². The molecule has 0 N–H and O–H groups in total. The third kappa shape index (κ3) is 3.88. The van der Waals surface area contributed by atoms with Crippen LogP contribution in [0.4, 0.5) is 34.1 Å². The van der Waals surface area contributed by atoms with Crippen LogP contribution in [-0.2, 0) is 0 Å². The van der Waals surface area contributed by atoms with E-state index in [1.54, 1.807) is 0 Å². The van der Waals surface area contributed by atoms with E-state index in [4.69, 9.17) is 9.47 Å². The number of benzene rings is 6. The monoisotopic (exact) mass is 603 g/mol. The highest BCUT2D eigenvalue weighted by Crippen LogP contribution is 2.57. The molecule has 10 rings (SSSR count). The van der Waals surface area contributed by atoms with Crippen molar-refractivity contribution in [2.75, 3.05) is 9.80 Å². The molecule has 4 heterocycles. The second kappa shape index (κ2) is 10.1. The topological polar surface area (TPSA) is 37.8 Å². The van der Waals surface area contributed by atoms with Crippen LogP contribution in [0.2, 0.25) is 0 Å². The molecular formula is C41H26BN3O2. The maximum Gasteiger partial charge on any atom is 0.256 e. The summed E-state index contributed by atoms with van der Waals surface area (Å²) in [5.74, 6) is 3.30. The lowest BCUT2D eigenvalue weighted by Gasteiger charge is -2.43. The number of pyridine rings is 1. The van der Waals surface area contributed by atoms with E-state index < -0.39 is 0 Å². The number of hydrogen-bond donors (Lipinski definition) is 0. The van der Waals surface area contributed by atoms with E-state index in [1.807, 2.05) is 36.7 Å². The molecule has 0 fully saturated rings. The normalized spacial score (nSPS) is 13.3. The Morgan fingerprint density at radius 1 is 0.468 bits per heavy atom. The van der Waals surface area contributed by atoms with E-state index in [2.05, 4.69) is 136 Å². The lowest BCUT2D eigenvalue weighted by Crippen LogP contribution is -2.59. The van der Waals surface area contributed by atoms with Gasteiger partial charge in [0.1, 0.15) is 11.5 Å². The van der Waals surface area contributed by atoms with Gasteiger partial charge in [-0.2, -0.15) is 0 Å². The van der Waals surface area contributed by atoms with Crippen molar-refractivity contribution in [3.05, 3.63) is 158 Å². The van der Waals surface area contributed by atoms with E-state index in [1.165, 1.54) is 5.46 Å². The van der Waals surface area contributed by atoms with Crippen molar-refractivity contribution >= 4 is 57.2 Å². The molecule has 6 heteroatoms. The second-order valence-electron chi connectivity index (χ2n) is 12.0. The summed E-state index contributed by atoms with van der Waals surface area (Å²) in [5.41, 5.74) is 11.8. The van der Waals surface area contributed by atoms with Gasteiger partial charge in [-0.25, -0.2) is 0 Å². The zero-order valence-corrected chi connectivity index (χ0v) is 25.2. The molecule has 47 heavy (non-hydrogen) atoms. The second-order valence-corrected chi connectivity index (χ2v) is 12.0. The number of para-hydroxylation sites is 5. The summed E-state index contributed by atoms with van der Waals surface area (Å²) in [5, 5.41) is 0. The molecule has 0 atom stereocenters. The first-order chi connectivity index (χ1) is 23.3. The van der Waals surface area contributed by atoms with Crippen LogP contribution in [0.15, 0.2) is 158 Å². The number of anilines is 6. The number of fused-ring (bicyclic) bond motifs is 7. The van der Waals surface area contributed by atoms with Crippen LogP contribution in [0.3, 0.4) is 0 Å². The molecule has 3 aliphatic rings. The molecule has 0 spiro atoms. The minimum atomic E-state index is -0.0179. The van der Waals surface area contributed by atoms with E-state index in [0.29, 0.717) is 0 Å². The fourth-order valence-electron chi connectivity index (χ4n) is 7.40. The first kappa shape index (κ1) is 26.0. The van der Waals surface area contributed by atoms with Crippen molar-refractivity contribution in [1.29, 1.82) is 0 Å². The summed E-state index contributed by atoms with van der Waals surface area (Å²) in [4.78, 5) is 8.88. The zero-order chi connectivity index (χ0) is 30.9. The van der Waals surface area contributed by atoms with Crippen molar-refractivity contribution in [1.82, 2.24) is 4.98 Å². The summed E-state index contributed by atoms with van der Waals surface area (Å²) < 4.78 is 13.9. The van der Waals surface area contributed by atoms with Gasteiger partial charge < -0.3 is 19.3 Å². The van der Waals surface area contributed by atoms with Crippen molar-refractivity contribution in [3.63, 3.8) is 0 Å². The average molecular weight is 603 g/mol. The Kier molecular flexibility index (Phi) is 5.60. The van der Waals surface area contributed by atoms with Gasteiger partial charge in [0.05, 0.1) is 17.1 Å². The number of nitrogens with zero attached hydrogens (tertiary/aromatic N) is 3. The molecule has 5 nitrogen and oxygen atoms in total. The molecule has 0 saturated heterocycles. The van der Waals surface area contributed by atoms with Gasteiger partial charge in [0.2, 0.25) is 0 Å². The highest BCUT2D eigenvalue weighted by Gasteiger charge is 2.45. The van der Waals surface area contributed by atoms with Crippen LogP contribution in [-0.4, -0.2) is 11.7 Å². The maximum absolute atomic E-state index is 7.02. The van der Waals surface area contributed by atoms with Crippen molar-refractivity contribution in [2.24, 2.45) is 0 Å². The highest BCUT2D eigenvalue weighted by molar-refractivity contribution is 6.99. The van der Waals surface area contributed by atoms with Crippen molar-refractivity contribution in [3.8, 4) is 34.1 Å². The SMILES string of the molecule is c1ccc(N2c3ccccc3B3c4ccccc4Oc4cc5c(c2c43)Oc2ccccc2N5c2cccc(-c3ccncc3)c2)cc1. The summed E-state index contributed by atoms with van der Waals surface area (Å²) in [7, 11) is 0. The first-order valence-electron chi connectivity index (χ1n) is 15.8. The van der Waals surface area contributed by atoms with Crippen molar-refractivity contribution in [2.45, 2.75) is 0 Å². The van der Waals surface area contributed by atoms with Gasteiger partial charge in [-0.1, -0.05) is 78.9 Å². The summed E-state index contributed by atoms with van der Waals surface area (Å²) in [6, 6.07) is 50.8. The zero-order valence-electron chi connectivity index (χ0n) is 25.2. The van der Waals surface area contributed by atoms with E-state index in [9.17, 15) is 0 Å². The van der Waals surface area contributed by atoms with E-state index >= 15 is 0 Å². The Balaban J connectivity index is 1.29. The summed E-state index contributed by atoms with van der Waals surface area (Å²) >= 11 is 0. The molecule has 1 aromatic heterocycles. The van der Waals surface area contributed by atoms with Gasteiger partial charge in [-0.15, -0.1) is 0 Å². The molecule has 6 aromatic carbocycles. The van der Waals surface area contributed by atoms with E-state index in [-0.39, 0.29) is 6.71 Å². The molecule has 0 bridgehead atoms. The Morgan fingerprint density at radius 3 is 2.02 bits per heavy atom. The van der Waals surface area contributed by atoms with Gasteiger partial charge in [0.15, 0.2) is 11.5 Å². The van der Waals surface area contributed by atoms with Gasteiger partial charge in [0, 0.05) is 41.0 Å². The van der Waals surface area contributed by atoms with Crippen molar-refractivity contribution < 1.29 is 9.47 Å². The predicted molar refractivity (Wildman–Crippen MR) is 190 cm³/mol. The molecule has 0 aliphatic carbocycles. The molecule has 0 radical (unpaired) electrons. The molecule has 0 unspecified atom stereocenters. The minimum Gasteiger partial charge on any atom is -0.458 e. The van der Waals surface area contributed by atoms with Crippen LogP contribution < -0.4 is 35.7 Å². The maximum atomic E-state index is 7.02. The average Bonchev–Trinajstić information content (AvgIpc) is 3.14. The summed E-state index contributed by atoms with van der Waals surface area (Å²) in [6.45, 7) is -0.0179. The number of aromatic nitrogens is 1. The fourth-order valence-corrected chi connectivity index (χ4v) is 7.40. The smallest absolute Gasteiger partial charge is 0.256 e. The van der Waals surface area contributed by atoms with Gasteiger partial charge in [0.25, 0.3) is 6.71 Å². The quantitative estimate of drug-likeness (QED) is 0.189. The lowest BCUT2D eigenvalue weighted by molar-refractivity contribution is 0.469. The van der Waals surface area contributed by atoms with Crippen LogP contribution in [0.25, 0.3) is 11.1 Å². The Hall–Kier alpha value is -6.27. The van der Waals surface area contributed by atoms with Crippen LogP contribution in [0.5, 0.6) is 23.0 Å². The third-order valence-electron chi connectivity index (χ3n) is 9.38. The molecule has 220 valence electrons. The fraction of sp³-hybridized carbons (Fsp3) is 0. The molecule has 0 saturated carbocycles. The number of ether oxygens (including phenoxy) is 2. The molecule has 0 amide bonds. The van der Waals surface area contributed by atoms with Gasteiger partial charge in [-0.05, 0) is 82.7 Å². The minimum absolute atomic E-state index is 0.0179. The molecular weight excluding hydrogens is 577 g/mol. The molecule has 3 aliphatic heterocycles. The largest absolute Gasteiger partial charge is 0.458 e. The summed E-state index contributed by atoms with van der Waals surface area (Å²) in [6.07, 6.45) is 3.67. The lowest BCUT2D eigenvalue weighted by atomic mass is 9.34. The van der Waals surface area contributed by atoms with Gasteiger partial charge in [-0.3, -0.25) is 4.98 Å². The third-order valence-corrected chi connectivity index (χ3v) is 9.38. The highest BCUT2D eigenvalue weighted by atomic mass is 16.5.